The maximum absolute atomic E-state index is 12.0. The number of carbonyl (C=O) groups excluding carboxylic acids is 2. The molecule has 2 N–H and O–H groups in total. The number of aromatic nitrogens is 6. The highest BCUT2D eigenvalue weighted by Crippen LogP contribution is 2.28. The molecule has 6 rings (SSSR count). The van der Waals surface area contributed by atoms with Crippen LogP contribution in [0, 0.1) is 6.92 Å². The lowest BCUT2D eigenvalue weighted by molar-refractivity contribution is -0.117. The number of nitrogens with zero attached hydrogens (tertiary/aromatic N) is 4. The first kappa shape index (κ1) is 25.4. The topological polar surface area (TPSA) is 109 Å². The van der Waals surface area contributed by atoms with Crippen LogP contribution in [0.1, 0.15) is 66.2 Å². The zero-order valence-electron chi connectivity index (χ0n) is 22.8. The van der Waals surface area contributed by atoms with Crippen molar-refractivity contribution in [1.29, 1.82) is 0 Å². The van der Waals surface area contributed by atoms with Crippen molar-refractivity contribution in [3.8, 4) is 5.69 Å². The Bertz CT molecular complexity index is 1750. The van der Waals surface area contributed by atoms with Gasteiger partial charge in [-0.3, -0.25) is 0 Å². The summed E-state index contributed by atoms with van der Waals surface area (Å²) in [6.45, 7) is 5.26. The van der Waals surface area contributed by atoms with Crippen molar-refractivity contribution in [3.63, 3.8) is 0 Å². The Morgan fingerprint density at radius 1 is 0.725 bits per heavy atom. The van der Waals surface area contributed by atoms with Crippen molar-refractivity contribution in [1.82, 2.24) is 29.5 Å². The Balaban J connectivity index is 1.73. The largest absolute Gasteiger partial charge is 0.353 e. The number of carbonyl (C=O) groups is 2. The minimum Gasteiger partial charge on any atom is -0.353 e. The van der Waals surface area contributed by atoms with Gasteiger partial charge in [-0.25, -0.2) is 15.0 Å². The first-order valence-corrected chi connectivity index (χ1v) is 13.4. The SMILES string of the molecule is CC(=O)CCc1c2nc(c(C)c3nc(c(CCC(C)=O)c4ccc([nH]4)c(-n4ccnc4)c4ccc1[nH]4)C=C3)C=C2. The number of H-pyrrole nitrogens is 2. The lowest BCUT2D eigenvalue weighted by Crippen LogP contribution is -1.98. The zero-order chi connectivity index (χ0) is 27.8. The fourth-order valence-corrected chi connectivity index (χ4v) is 5.25. The monoisotopic (exact) mass is 530 g/mol. The van der Waals surface area contributed by atoms with Gasteiger partial charge in [-0.15, -0.1) is 0 Å². The maximum atomic E-state index is 12.0. The lowest BCUT2D eigenvalue weighted by Gasteiger charge is -2.05. The number of fused-ring (bicyclic) bond motifs is 8. The molecule has 0 radical (unpaired) electrons. The molecule has 40 heavy (non-hydrogen) atoms. The third-order valence-corrected chi connectivity index (χ3v) is 7.42. The Morgan fingerprint density at radius 2 is 1.20 bits per heavy atom. The van der Waals surface area contributed by atoms with Crippen molar-refractivity contribution >= 4 is 57.9 Å². The number of nitrogens with one attached hydrogen (secondary N) is 2. The smallest absolute Gasteiger partial charge is 0.130 e. The fraction of sp³-hybridized carbons (Fsp3) is 0.219. The molecule has 8 nitrogen and oxygen atoms in total. The van der Waals surface area contributed by atoms with Crippen LogP contribution in [-0.2, 0) is 22.4 Å². The van der Waals surface area contributed by atoms with Crippen molar-refractivity contribution in [2.45, 2.75) is 46.5 Å². The van der Waals surface area contributed by atoms with E-state index in [-0.39, 0.29) is 11.6 Å². The van der Waals surface area contributed by atoms with E-state index in [2.05, 4.69) is 15.0 Å². The Morgan fingerprint density at radius 3 is 1.65 bits per heavy atom. The third kappa shape index (κ3) is 4.84. The van der Waals surface area contributed by atoms with Crippen LogP contribution in [0.5, 0.6) is 0 Å². The van der Waals surface area contributed by atoms with Crippen LogP contribution in [0.3, 0.4) is 0 Å². The Hall–Kier alpha value is -4.85. The molecule has 0 atom stereocenters. The molecule has 8 heteroatoms. The van der Waals surface area contributed by atoms with Crippen molar-refractivity contribution in [2.24, 2.45) is 0 Å². The average molecular weight is 531 g/mol. The van der Waals surface area contributed by atoms with Gasteiger partial charge >= 0.3 is 0 Å². The van der Waals surface area contributed by atoms with Crippen LogP contribution < -0.4 is 0 Å². The van der Waals surface area contributed by atoms with Gasteiger partial charge < -0.3 is 24.1 Å². The summed E-state index contributed by atoms with van der Waals surface area (Å²) in [7, 11) is 0. The molecule has 0 spiro atoms. The zero-order valence-corrected chi connectivity index (χ0v) is 22.8. The molecule has 6 heterocycles. The molecule has 8 bridgehead atoms. The van der Waals surface area contributed by atoms with Gasteiger partial charge in [-0.2, -0.15) is 0 Å². The number of hydrogen-bond donors (Lipinski definition) is 2. The molecule has 0 amide bonds. The molecule has 0 saturated heterocycles. The van der Waals surface area contributed by atoms with Crippen LogP contribution in [-0.4, -0.2) is 41.1 Å². The molecule has 0 aromatic carbocycles. The first-order valence-electron chi connectivity index (χ1n) is 13.4. The Kier molecular flexibility index (Phi) is 6.59. The molecule has 200 valence electrons. The first-order chi connectivity index (χ1) is 19.4. The van der Waals surface area contributed by atoms with Crippen LogP contribution in [0.25, 0.3) is 52.1 Å². The highest BCUT2D eigenvalue weighted by atomic mass is 16.1. The second-order valence-corrected chi connectivity index (χ2v) is 10.3. The summed E-state index contributed by atoms with van der Waals surface area (Å²) in [4.78, 5) is 45.4. The van der Waals surface area contributed by atoms with Gasteiger partial charge in [0.15, 0.2) is 0 Å². The number of hydrogen-bond acceptors (Lipinski definition) is 5. The molecule has 0 aliphatic carbocycles. The molecule has 4 aromatic heterocycles. The number of aryl methyl sites for hydroxylation is 2. The van der Waals surface area contributed by atoms with E-state index in [1.165, 1.54) is 0 Å². The highest BCUT2D eigenvalue weighted by molar-refractivity contribution is 5.87. The molecule has 2 aliphatic rings. The molecule has 0 unspecified atom stereocenters. The summed E-state index contributed by atoms with van der Waals surface area (Å²) in [6, 6.07) is 8.18. The molecular formula is C32H30N6O2. The van der Waals surface area contributed by atoms with E-state index in [1.54, 1.807) is 26.4 Å². The molecule has 0 saturated carbocycles. The van der Waals surface area contributed by atoms with Crippen molar-refractivity contribution in [3.05, 3.63) is 82.5 Å². The minimum absolute atomic E-state index is 0.135. The summed E-state index contributed by atoms with van der Waals surface area (Å²) in [6.07, 6.45) is 15.5. The van der Waals surface area contributed by atoms with Crippen LogP contribution in [0.2, 0.25) is 0 Å². The molecule has 4 aromatic rings. The summed E-state index contributed by atoms with van der Waals surface area (Å²) in [5.41, 5.74) is 10.8. The summed E-state index contributed by atoms with van der Waals surface area (Å²) >= 11 is 0. The van der Waals surface area contributed by atoms with E-state index in [1.807, 2.05) is 66.3 Å². The second-order valence-electron chi connectivity index (χ2n) is 10.3. The van der Waals surface area contributed by atoms with E-state index in [0.717, 1.165) is 67.2 Å². The average Bonchev–Trinajstić information content (AvgIpc) is 3.76. The summed E-state index contributed by atoms with van der Waals surface area (Å²) in [5.74, 6) is 0.270. The van der Waals surface area contributed by atoms with E-state index in [4.69, 9.17) is 9.97 Å². The van der Waals surface area contributed by atoms with Crippen LogP contribution in [0.4, 0.5) is 0 Å². The number of aromatic amines is 2. The van der Waals surface area contributed by atoms with E-state index >= 15 is 0 Å². The highest BCUT2D eigenvalue weighted by Gasteiger charge is 2.16. The lowest BCUT2D eigenvalue weighted by atomic mass is 10.1. The summed E-state index contributed by atoms with van der Waals surface area (Å²) in [5, 5.41) is 0. The quantitative estimate of drug-likeness (QED) is 0.256. The van der Waals surface area contributed by atoms with Gasteiger partial charge in [0.05, 0.1) is 45.8 Å². The number of Topliss-reactive ketones (excluding diaryl/α,β-unsaturated/α-hetero) is 2. The van der Waals surface area contributed by atoms with Gasteiger partial charge in [0.1, 0.15) is 11.6 Å². The van der Waals surface area contributed by atoms with E-state index in [9.17, 15) is 9.59 Å². The maximum Gasteiger partial charge on any atom is 0.130 e. The van der Waals surface area contributed by atoms with Crippen molar-refractivity contribution in [2.75, 3.05) is 0 Å². The van der Waals surface area contributed by atoms with Gasteiger partial charge in [-0.05, 0) is 82.2 Å². The van der Waals surface area contributed by atoms with Gasteiger partial charge in [0.25, 0.3) is 0 Å². The Labute approximate surface area is 231 Å². The standard InChI is InChI=1S/C32H30N6O2/c1-19(39)4-6-22-26-10-8-24(34-26)21(3)25-9-11-27(35-25)23(7-5-20(2)40)29-13-15-31(37-29)32(38-17-16-33-18-38)30-14-12-28(22)36-30/h8-18,36-37H,4-7H2,1-3H3. The van der Waals surface area contributed by atoms with Crippen molar-refractivity contribution < 1.29 is 9.59 Å². The van der Waals surface area contributed by atoms with E-state index in [0.29, 0.717) is 25.7 Å². The van der Waals surface area contributed by atoms with Gasteiger partial charge in [0, 0.05) is 53.0 Å². The van der Waals surface area contributed by atoms with Gasteiger partial charge in [-0.1, -0.05) is 0 Å². The molecule has 0 fully saturated rings. The van der Waals surface area contributed by atoms with Crippen LogP contribution >= 0.6 is 0 Å². The number of rotatable bonds is 7. The van der Waals surface area contributed by atoms with Gasteiger partial charge in [0.2, 0.25) is 0 Å². The van der Waals surface area contributed by atoms with E-state index < -0.39 is 0 Å². The molecule has 2 aliphatic heterocycles. The fourth-order valence-electron chi connectivity index (χ4n) is 5.25. The minimum atomic E-state index is 0.135. The predicted molar refractivity (Wildman–Crippen MR) is 159 cm³/mol. The third-order valence-electron chi connectivity index (χ3n) is 7.42. The number of ketones is 2. The normalized spacial score (nSPS) is 12.3. The second kappa shape index (κ2) is 10.4. The summed E-state index contributed by atoms with van der Waals surface area (Å²) < 4.78 is 1.97. The molecular weight excluding hydrogens is 500 g/mol. The predicted octanol–water partition coefficient (Wildman–Crippen LogP) is 6.19. The van der Waals surface area contributed by atoms with Crippen LogP contribution in [0.15, 0.2) is 43.0 Å². The number of imidazole rings is 1.